The maximum atomic E-state index is 10.4. The Morgan fingerprint density at radius 1 is 1.15 bits per heavy atom. The molecule has 0 spiro atoms. The molecule has 0 bridgehead atoms. The molecule has 1 saturated carbocycles. The van der Waals surface area contributed by atoms with Gasteiger partial charge in [0.1, 0.15) is 0 Å². The van der Waals surface area contributed by atoms with Gasteiger partial charge in [0, 0.05) is 12.6 Å². The maximum absolute atomic E-state index is 10.4. The van der Waals surface area contributed by atoms with Crippen molar-refractivity contribution < 1.29 is 5.11 Å². The van der Waals surface area contributed by atoms with Crippen molar-refractivity contribution in [3.05, 3.63) is 35.4 Å². The monoisotopic (exact) mass is 275 g/mol. The summed E-state index contributed by atoms with van der Waals surface area (Å²) in [7, 11) is 0. The molecular formula is C18H29NO. The molecule has 1 aromatic rings. The van der Waals surface area contributed by atoms with Crippen LogP contribution in [0.15, 0.2) is 24.3 Å². The van der Waals surface area contributed by atoms with E-state index in [1.54, 1.807) is 0 Å². The van der Waals surface area contributed by atoms with E-state index in [4.69, 9.17) is 0 Å². The first-order valence-electron chi connectivity index (χ1n) is 8.25. The highest BCUT2D eigenvalue weighted by molar-refractivity contribution is 5.24. The minimum Gasteiger partial charge on any atom is -0.387 e. The third kappa shape index (κ3) is 4.60. The Morgan fingerprint density at radius 2 is 1.85 bits per heavy atom. The van der Waals surface area contributed by atoms with Crippen molar-refractivity contribution in [2.24, 2.45) is 0 Å². The number of hydrogen-bond acceptors (Lipinski definition) is 2. The Labute approximate surface area is 123 Å². The molecule has 112 valence electrons. The summed E-state index contributed by atoms with van der Waals surface area (Å²) in [5.41, 5.74) is 2.43. The summed E-state index contributed by atoms with van der Waals surface area (Å²) in [4.78, 5) is 2.48. The average Bonchev–Trinajstić information content (AvgIpc) is 3.29. The summed E-state index contributed by atoms with van der Waals surface area (Å²) in [6.45, 7) is 6.35. The van der Waals surface area contributed by atoms with Crippen molar-refractivity contribution in [2.75, 3.05) is 13.1 Å². The number of hydrogen-bond donors (Lipinski definition) is 1. The molecule has 1 aliphatic carbocycles. The van der Waals surface area contributed by atoms with E-state index in [1.165, 1.54) is 37.7 Å². The molecule has 0 heterocycles. The summed E-state index contributed by atoms with van der Waals surface area (Å²) in [5.74, 6) is 0. The largest absolute Gasteiger partial charge is 0.387 e. The molecule has 1 aliphatic rings. The second-order valence-corrected chi connectivity index (χ2v) is 6.09. The van der Waals surface area contributed by atoms with Gasteiger partial charge in [-0.05, 0) is 43.4 Å². The number of nitrogens with zero attached hydrogens (tertiary/aromatic N) is 1. The van der Waals surface area contributed by atoms with Crippen LogP contribution in [0.1, 0.15) is 63.2 Å². The second kappa shape index (κ2) is 7.80. The number of unbranched alkanes of at least 4 members (excludes halogenated alkanes) is 1. The zero-order valence-corrected chi connectivity index (χ0v) is 13.0. The molecule has 1 aromatic carbocycles. The van der Waals surface area contributed by atoms with Gasteiger partial charge >= 0.3 is 0 Å². The third-order valence-corrected chi connectivity index (χ3v) is 4.17. The zero-order chi connectivity index (χ0) is 14.4. The van der Waals surface area contributed by atoms with Crippen LogP contribution in [-0.4, -0.2) is 29.1 Å². The molecular weight excluding hydrogens is 246 g/mol. The number of aliphatic hydroxyl groups is 1. The van der Waals surface area contributed by atoms with E-state index in [0.29, 0.717) is 0 Å². The first kappa shape index (κ1) is 15.5. The van der Waals surface area contributed by atoms with Gasteiger partial charge in [0.2, 0.25) is 0 Å². The fourth-order valence-corrected chi connectivity index (χ4v) is 2.75. The molecule has 1 N–H and O–H groups in total. The number of aryl methyl sites for hydroxylation is 1. The maximum Gasteiger partial charge on any atom is 0.0917 e. The van der Waals surface area contributed by atoms with E-state index in [0.717, 1.165) is 31.1 Å². The van der Waals surface area contributed by atoms with Crippen LogP contribution < -0.4 is 0 Å². The Hall–Kier alpha value is -0.860. The molecule has 2 nitrogen and oxygen atoms in total. The molecule has 0 saturated heterocycles. The summed E-state index contributed by atoms with van der Waals surface area (Å²) in [6, 6.07) is 9.25. The van der Waals surface area contributed by atoms with Crippen LogP contribution >= 0.6 is 0 Å². The predicted molar refractivity (Wildman–Crippen MR) is 84.9 cm³/mol. The standard InChI is InChI=1S/C18H29NO/c1-3-5-13-19(17-11-12-17)14-18(20)16-9-7-15(6-4-2)8-10-16/h7-10,17-18,20H,3-6,11-14H2,1-2H3. The van der Waals surface area contributed by atoms with Gasteiger partial charge in [0.25, 0.3) is 0 Å². The smallest absolute Gasteiger partial charge is 0.0917 e. The van der Waals surface area contributed by atoms with Crippen molar-refractivity contribution in [2.45, 2.75) is 64.5 Å². The van der Waals surface area contributed by atoms with Crippen LogP contribution in [0.4, 0.5) is 0 Å². The topological polar surface area (TPSA) is 23.5 Å². The SMILES string of the molecule is CCCCN(CC(O)c1ccc(CCC)cc1)C1CC1. The van der Waals surface area contributed by atoms with Gasteiger partial charge < -0.3 is 5.11 Å². The van der Waals surface area contributed by atoms with Gasteiger partial charge in [0.15, 0.2) is 0 Å². The molecule has 2 rings (SSSR count). The van der Waals surface area contributed by atoms with Gasteiger partial charge in [0.05, 0.1) is 6.10 Å². The molecule has 20 heavy (non-hydrogen) atoms. The molecule has 2 heteroatoms. The lowest BCUT2D eigenvalue weighted by Gasteiger charge is -2.25. The molecule has 1 unspecified atom stereocenters. The summed E-state index contributed by atoms with van der Waals surface area (Å²) in [5, 5.41) is 10.4. The zero-order valence-electron chi connectivity index (χ0n) is 13.0. The quantitative estimate of drug-likeness (QED) is 0.738. The fraction of sp³-hybridized carbons (Fsp3) is 0.667. The van der Waals surface area contributed by atoms with E-state index in [2.05, 4.69) is 43.0 Å². The molecule has 0 aromatic heterocycles. The molecule has 1 atom stereocenters. The number of benzene rings is 1. The minimum absolute atomic E-state index is 0.344. The normalized spacial score (nSPS) is 16.6. The summed E-state index contributed by atoms with van der Waals surface area (Å²) < 4.78 is 0. The van der Waals surface area contributed by atoms with Crippen molar-refractivity contribution >= 4 is 0 Å². The second-order valence-electron chi connectivity index (χ2n) is 6.09. The highest BCUT2D eigenvalue weighted by Gasteiger charge is 2.29. The van der Waals surface area contributed by atoms with Crippen LogP contribution in [0.2, 0.25) is 0 Å². The van der Waals surface area contributed by atoms with Gasteiger partial charge in [-0.2, -0.15) is 0 Å². The Bertz CT molecular complexity index is 383. The highest BCUT2D eigenvalue weighted by Crippen LogP contribution is 2.29. The first-order chi connectivity index (χ1) is 9.74. The van der Waals surface area contributed by atoms with E-state index >= 15 is 0 Å². The highest BCUT2D eigenvalue weighted by atomic mass is 16.3. The van der Waals surface area contributed by atoms with Gasteiger partial charge in [-0.25, -0.2) is 0 Å². The Balaban J connectivity index is 1.89. The molecule has 0 amide bonds. The van der Waals surface area contributed by atoms with Crippen LogP contribution in [-0.2, 0) is 6.42 Å². The van der Waals surface area contributed by atoms with Gasteiger partial charge in [-0.15, -0.1) is 0 Å². The fourth-order valence-electron chi connectivity index (χ4n) is 2.75. The van der Waals surface area contributed by atoms with Gasteiger partial charge in [-0.3, -0.25) is 4.90 Å². The molecule has 0 radical (unpaired) electrons. The van der Waals surface area contributed by atoms with E-state index < -0.39 is 0 Å². The van der Waals surface area contributed by atoms with Crippen LogP contribution in [0, 0.1) is 0 Å². The third-order valence-electron chi connectivity index (χ3n) is 4.17. The molecule has 1 fully saturated rings. The van der Waals surface area contributed by atoms with E-state index in [1.807, 2.05) is 0 Å². The predicted octanol–water partition coefficient (Wildman–Crippen LogP) is 3.94. The van der Waals surface area contributed by atoms with Crippen molar-refractivity contribution in [1.82, 2.24) is 4.90 Å². The summed E-state index contributed by atoms with van der Waals surface area (Å²) >= 11 is 0. The van der Waals surface area contributed by atoms with Crippen LogP contribution in [0.5, 0.6) is 0 Å². The van der Waals surface area contributed by atoms with Crippen molar-refractivity contribution in [3.8, 4) is 0 Å². The van der Waals surface area contributed by atoms with E-state index in [9.17, 15) is 5.11 Å². The summed E-state index contributed by atoms with van der Waals surface area (Å²) in [6.07, 6.45) is 7.04. The molecule has 0 aliphatic heterocycles. The Kier molecular flexibility index (Phi) is 6.06. The average molecular weight is 275 g/mol. The van der Waals surface area contributed by atoms with Crippen LogP contribution in [0.3, 0.4) is 0 Å². The lowest BCUT2D eigenvalue weighted by atomic mass is 10.0. The van der Waals surface area contributed by atoms with Gasteiger partial charge in [-0.1, -0.05) is 51.0 Å². The van der Waals surface area contributed by atoms with Crippen molar-refractivity contribution in [3.63, 3.8) is 0 Å². The van der Waals surface area contributed by atoms with E-state index in [-0.39, 0.29) is 6.10 Å². The lowest BCUT2D eigenvalue weighted by molar-refractivity contribution is 0.107. The number of rotatable bonds is 9. The van der Waals surface area contributed by atoms with Crippen molar-refractivity contribution in [1.29, 1.82) is 0 Å². The van der Waals surface area contributed by atoms with Crippen LogP contribution in [0.25, 0.3) is 0 Å². The lowest BCUT2D eigenvalue weighted by Crippen LogP contribution is -2.31. The number of aliphatic hydroxyl groups excluding tert-OH is 1. The first-order valence-corrected chi connectivity index (χ1v) is 8.25. The minimum atomic E-state index is -0.344. The Morgan fingerprint density at radius 3 is 2.40 bits per heavy atom.